The van der Waals surface area contributed by atoms with Gasteiger partial charge in [-0.15, -0.1) is 0 Å². The van der Waals surface area contributed by atoms with E-state index in [1.165, 1.54) is 0 Å². The highest BCUT2D eigenvalue weighted by Crippen LogP contribution is 2.19. The highest BCUT2D eigenvalue weighted by Gasteiger charge is 2.31. The van der Waals surface area contributed by atoms with Crippen molar-refractivity contribution in [3.05, 3.63) is 48.3 Å². The van der Waals surface area contributed by atoms with Crippen molar-refractivity contribution >= 4 is 11.9 Å². The normalized spacial score (nSPS) is 17.9. The van der Waals surface area contributed by atoms with Crippen molar-refractivity contribution in [3.8, 4) is 5.69 Å². The lowest BCUT2D eigenvalue weighted by atomic mass is 10.1. The van der Waals surface area contributed by atoms with E-state index in [0.717, 1.165) is 5.69 Å². The Labute approximate surface area is 121 Å². The van der Waals surface area contributed by atoms with Gasteiger partial charge >= 0.3 is 5.97 Å². The Balaban J connectivity index is 1.72. The summed E-state index contributed by atoms with van der Waals surface area (Å²) >= 11 is 0. The number of likely N-dealkylation sites (tertiary alicyclic amines) is 1. The predicted octanol–water partition coefficient (Wildman–Crippen LogP) is 1.42. The number of aliphatic carboxylic acids is 1. The van der Waals surface area contributed by atoms with E-state index in [0.29, 0.717) is 18.5 Å². The second-order valence-corrected chi connectivity index (χ2v) is 5.07. The molecule has 108 valence electrons. The first-order chi connectivity index (χ1) is 10.1. The van der Waals surface area contributed by atoms with E-state index in [2.05, 4.69) is 5.10 Å². The van der Waals surface area contributed by atoms with Crippen molar-refractivity contribution in [1.29, 1.82) is 0 Å². The van der Waals surface area contributed by atoms with Gasteiger partial charge in [0.2, 0.25) is 0 Å². The lowest BCUT2D eigenvalue weighted by Gasteiger charge is -2.16. The fraction of sp³-hybridized carbons (Fsp3) is 0.267. The second kappa shape index (κ2) is 5.40. The fourth-order valence-corrected chi connectivity index (χ4v) is 2.51. The van der Waals surface area contributed by atoms with Gasteiger partial charge in [-0.1, -0.05) is 0 Å². The van der Waals surface area contributed by atoms with Crippen LogP contribution in [0.25, 0.3) is 5.69 Å². The lowest BCUT2D eigenvalue weighted by Crippen LogP contribution is -2.29. The van der Waals surface area contributed by atoms with Gasteiger partial charge in [0.1, 0.15) is 0 Å². The molecule has 1 N–H and O–H groups in total. The number of hydrogen-bond donors (Lipinski definition) is 1. The standard InChI is InChI=1S/C15H15N3O3/c19-14(17-9-6-12(10-17)15(20)21)11-2-4-13(5-3-11)18-8-1-7-16-18/h1-5,7-8,12H,6,9-10H2,(H,20,21)/t12-/m0/s1. The molecule has 1 atom stereocenters. The SMILES string of the molecule is O=C(O)[C@H]1CCN(C(=O)c2ccc(-n3cccn3)cc2)C1. The molecule has 1 aromatic heterocycles. The van der Waals surface area contributed by atoms with Crippen LogP contribution in [0.15, 0.2) is 42.7 Å². The molecule has 0 saturated carbocycles. The lowest BCUT2D eigenvalue weighted by molar-refractivity contribution is -0.141. The van der Waals surface area contributed by atoms with Crippen molar-refractivity contribution in [2.75, 3.05) is 13.1 Å². The molecule has 1 amide bonds. The first-order valence-electron chi connectivity index (χ1n) is 6.77. The molecule has 0 spiro atoms. The van der Waals surface area contributed by atoms with Crippen molar-refractivity contribution in [1.82, 2.24) is 14.7 Å². The first-order valence-corrected chi connectivity index (χ1v) is 6.77. The van der Waals surface area contributed by atoms with E-state index in [-0.39, 0.29) is 12.5 Å². The summed E-state index contributed by atoms with van der Waals surface area (Å²) in [6.07, 6.45) is 4.04. The van der Waals surface area contributed by atoms with Gasteiger partial charge in [0.25, 0.3) is 5.91 Å². The third-order valence-electron chi connectivity index (χ3n) is 3.71. The number of carbonyl (C=O) groups is 2. The van der Waals surface area contributed by atoms with Crippen LogP contribution in [0, 0.1) is 5.92 Å². The van der Waals surface area contributed by atoms with Crippen molar-refractivity contribution in [2.45, 2.75) is 6.42 Å². The molecule has 1 aromatic carbocycles. The molecular formula is C15H15N3O3. The molecule has 2 aromatic rings. The van der Waals surface area contributed by atoms with Gasteiger partial charge in [-0.3, -0.25) is 9.59 Å². The molecule has 3 rings (SSSR count). The Morgan fingerprint density at radius 1 is 1.24 bits per heavy atom. The van der Waals surface area contributed by atoms with Gasteiger partial charge in [-0.25, -0.2) is 4.68 Å². The summed E-state index contributed by atoms with van der Waals surface area (Å²) in [6, 6.07) is 8.96. The average molecular weight is 285 g/mol. The van der Waals surface area contributed by atoms with Gasteiger partial charge in [0, 0.05) is 31.0 Å². The molecule has 0 aliphatic carbocycles. The molecule has 1 saturated heterocycles. The van der Waals surface area contributed by atoms with E-state index in [9.17, 15) is 9.59 Å². The number of nitrogens with zero attached hydrogens (tertiary/aromatic N) is 3. The highest BCUT2D eigenvalue weighted by atomic mass is 16.4. The maximum Gasteiger partial charge on any atom is 0.308 e. The maximum absolute atomic E-state index is 12.3. The van der Waals surface area contributed by atoms with E-state index in [1.807, 2.05) is 24.4 Å². The number of carboxylic acids is 1. The largest absolute Gasteiger partial charge is 0.481 e. The van der Waals surface area contributed by atoms with Crippen LogP contribution >= 0.6 is 0 Å². The topological polar surface area (TPSA) is 75.4 Å². The minimum absolute atomic E-state index is 0.120. The first kappa shape index (κ1) is 13.4. The van der Waals surface area contributed by atoms with Crippen LogP contribution < -0.4 is 0 Å². The summed E-state index contributed by atoms with van der Waals surface area (Å²) in [5.41, 5.74) is 1.44. The van der Waals surface area contributed by atoms with Crippen molar-refractivity contribution in [2.24, 2.45) is 5.92 Å². The molecule has 0 unspecified atom stereocenters. The molecule has 6 nitrogen and oxygen atoms in total. The molecule has 1 aliphatic rings. The minimum atomic E-state index is -0.834. The Bertz CT molecular complexity index is 649. The summed E-state index contributed by atoms with van der Waals surface area (Å²) < 4.78 is 1.71. The van der Waals surface area contributed by atoms with Gasteiger partial charge < -0.3 is 10.0 Å². The molecular weight excluding hydrogens is 270 g/mol. The van der Waals surface area contributed by atoms with Crippen LogP contribution in [-0.2, 0) is 4.79 Å². The van der Waals surface area contributed by atoms with Gasteiger partial charge in [0.05, 0.1) is 11.6 Å². The fourth-order valence-electron chi connectivity index (χ4n) is 2.51. The van der Waals surface area contributed by atoms with Crippen LogP contribution in [0.5, 0.6) is 0 Å². The number of hydrogen-bond acceptors (Lipinski definition) is 3. The number of carbonyl (C=O) groups excluding carboxylic acids is 1. The Morgan fingerprint density at radius 3 is 2.57 bits per heavy atom. The highest BCUT2D eigenvalue weighted by molar-refractivity contribution is 5.95. The monoisotopic (exact) mass is 285 g/mol. The maximum atomic E-state index is 12.3. The van der Waals surface area contributed by atoms with Crippen molar-refractivity contribution in [3.63, 3.8) is 0 Å². The van der Waals surface area contributed by atoms with Gasteiger partial charge in [-0.05, 0) is 36.8 Å². The number of aromatic nitrogens is 2. The number of amides is 1. The Hall–Kier alpha value is -2.63. The predicted molar refractivity (Wildman–Crippen MR) is 75.2 cm³/mol. The number of carboxylic acid groups (broad SMARTS) is 1. The molecule has 0 bridgehead atoms. The van der Waals surface area contributed by atoms with Crippen LogP contribution in [0.1, 0.15) is 16.8 Å². The second-order valence-electron chi connectivity index (χ2n) is 5.07. The molecule has 1 aliphatic heterocycles. The minimum Gasteiger partial charge on any atom is -0.481 e. The molecule has 2 heterocycles. The van der Waals surface area contributed by atoms with Crippen molar-refractivity contribution < 1.29 is 14.7 Å². The molecule has 21 heavy (non-hydrogen) atoms. The van der Waals surface area contributed by atoms with E-state index in [4.69, 9.17) is 5.11 Å². The number of rotatable bonds is 3. The summed E-state index contributed by atoms with van der Waals surface area (Å²) in [5.74, 6) is -1.40. The average Bonchev–Trinajstić information content (AvgIpc) is 3.18. The molecule has 0 radical (unpaired) electrons. The van der Waals surface area contributed by atoms with Crippen LogP contribution in [0.3, 0.4) is 0 Å². The number of benzene rings is 1. The zero-order valence-electron chi connectivity index (χ0n) is 11.3. The summed E-state index contributed by atoms with van der Waals surface area (Å²) in [4.78, 5) is 24.9. The smallest absolute Gasteiger partial charge is 0.308 e. The zero-order valence-corrected chi connectivity index (χ0v) is 11.3. The van der Waals surface area contributed by atoms with E-state index in [1.54, 1.807) is 27.9 Å². The molecule has 1 fully saturated rings. The van der Waals surface area contributed by atoms with Gasteiger partial charge in [0.15, 0.2) is 0 Å². The molecule has 6 heteroatoms. The Morgan fingerprint density at radius 2 is 2.00 bits per heavy atom. The van der Waals surface area contributed by atoms with E-state index >= 15 is 0 Å². The van der Waals surface area contributed by atoms with E-state index < -0.39 is 11.9 Å². The third kappa shape index (κ3) is 2.65. The summed E-state index contributed by atoms with van der Waals surface area (Å²) in [7, 11) is 0. The zero-order chi connectivity index (χ0) is 14.8. The van der Waals surface area contributed by atoms with Crippen LogP contribution in [-0.4, -0.2) is 44.8 Å². The van der Waals surface area contributed by atoms with Crippen LogP contribution in [0.2, 0.25) is 0 Å². The van der Waals surface area contributed by atoms with Gasteiger partial charge in [-0.2, -0.15) is 5.10 Å². The third-order valence-corrected chi connectivity index (χ3v) is 3.71. The summed E-state index contributed by atoms with van der Waals surface area (Å²) in [6.45, 7) is 0.784. The Kier molecular flexibility index (Phi) is 3.43. The van der Waals surface area contributed by atoms with Crippen LogP contribution in [0.4, 0.5) is 0 Å². The summed E-state index contributed by atoms with van der Waals surface area (Å²) in [5, 5.41) is 13.1. The quantitative estimate of drug-likeness (QED) is 0.925.